The van der Waals surface area contributed by atoms with Crippen LogP contribution in [0.2, 0.25) is 0 Å². The van der Waals surface area contributed by atoms with Crippen LogP contribution in [0, 0.1) is 11.6 Å². The third kappa shape index (κ3) is 6.13. The van der Waals surface area contributed by atoms with E-state index in [0.717, 1.165) is 29.5 Å². The van der Waals surface area contributed by atoms with E-state index in [-0.39, 0.29) is 18.7 Å². The van der Waals surface area contributed by atoms with Crippen LogP contribution < -0.4 is 5.32 Å². The van der Waals surface area contributed by atoms with Gasteiger partial charge in [0.2, 0.25) is 5.91 Å². The van der Waals surface area contributed by atoms with Gasteiger partial charge in [0, 0.05) is 11.8 Å². The van der Waals surface area contributed by atoms with Gasteiger partial charge in [-0.15, -0.1) is 10.2 Å². The number of nitrogens with one attached hydrogen (secondary N) is 1. The third-order valence-electron chi connectivity index (χ3n) is 4.42. The Balaban J connectivity index is 1.77. The molecule has 1 N–H and O–H groups in total. The molecule has 0 bridgehead atoms. The maximum atomic E-state index is 13.4. The van der Waals surface area contributed by atoms with Crippen molar-refractivity contribution in [2.45, 2.75) is 37.2 Å². The minimum atomic E-state index is -1.05. The average Bonchev–Trinajstić information content (AvgIpc) is 3.12. The fourth-order valence-corrected chi connectivity index (χ4v) is 3.70. The molecule has 0 unspecified atom stereocenters. The van der Waals surface area contributed by atoms with Crippen molar-refractivity contribution in [1.29, 1.82) is 0 Å². The molecule has 32 heavy (non-hydrogen) atoms. The predicted molar refractivity (Wildman–Crippen MR) is 116 cm³/mol. The zero-order valence-corrected chi connectivity index (χ0v) is 18.4. The van der Waals surface area contributed by atoms with E-state index in [9.17, 15) is 18.4 Å². The lowest BCUT2D eigenvalue weighted by atomic mass is 10.2. The number of nitrogens with zero attached hydrogens (tertiary/aromatic N) is 3. The molecule has 0 spiro atoms. The minimum Gasteiger partial charge on any atom is -0.466 e. The number of amides is 1. The molecule has 3 aromatic rings. The van der Waals surface area contributed by atoms with Gasteiger partial charge in [0.25, 0.3) is 0 Å². The number of halogens is 2. The zero-order chi connectivity index (χ0) is 23.1. The number of esters is 1. The lowest BCUT2D eigenvalue weighted by molar-refractivity contribution is -0.142. The number of hydrogen-bond acceptors (Lipinski definition) is 6. The number of aromatic nitrogens is 3. The highest BCUT2D eigenvalue weighted by Crippen LogP contribution is 2.25. The summed E-state index contributed by atoms with van der Waals surface area (Å²) < 4.78 is 33.3. The molecule has 10 heteroatoms. The number of anilines is 1. The average molecular weight is 461 g/mol. The molecular formula is C22H22F2N4O3S. The quantitative estimate of drug-likeness (QED) is 0.386. The molecule has 0 aliphatic carbocycles. The highest BCUT2D eigenvalue weighted by molar-refractivity contribution is 8.00. The van der Waals surface area contributed by atoms with Crippen LogP contribution in [-0.4, -0.2) is 38.5 Å². The number of benzene rings is 2. The van der Waals surface area contributed by atoms with Crippen molar-refractivity contribution in [3.05, 3.63) is 71.6 Å². The van der Waals surface area contributed by atoms with E-state index in [0.29, 0.717) is 17.5 Å². The van der Waals surface area contributed by atoms with E-state index in [4.69, 9.17) is 4.74 Å². The standard InChI is InChI=1S/C22H22F2N4O3S/c1-3-31-20(29)12-19-26-27-22(28(19)13-15-7-5-4-6-8-15)32-14(2)21(30)25-16-9-10-17(23)18(24)11-16/h4-11,14H,3,12-13H2,1-2H3,(H,25,30)/t14-/m0/s1. The first-order valence-electron chi connectivity index (χ1n) is 9.91. The molecule has 1 aromatic heterocycles. The van der Waals surface area contributed by atoms with E-state index in [1.54, 1.807) is 18.4 Å². The van der Waals surface area contributed by atoms with Crippen LogP contribution in [0.3, 0.4) is 0 Å². The lowest BCUT2D eigenvalue weighted by Crippen LogP contribution is -2.23. The van der Waals surface area contributed by atoms with Crippen LogP contribution in [0.1, 0.15) is 25.2 Å². The van der Waals surface area contributed by atoms with E-state index in [2.05, 4.69) is 15.5 Å². The molecule has 1 heterocycles. The molecule has 1 amide bonds. The number of hydrogen-bond donors (Lipinski definition) is 1. The molecule has 2 aromatic carbocycles. The van der Waals surface area contributed by atoms with E-state index in [1.807, 2.05) is 30.3 Å². The van der Waals surface area contributed by atoms with Crippen LogP contribution in [0.4, 0.5) is 14.5 Å². The maximum absolute atomic E-state index is 13.4. The third-order valence-corrected chi connectivity index (χ3v) is 5.50. The summed E-state index contributed by atoms with van der Waals surface area (Å²) in [5, 5.41) is 10.7. The van der Waals surface area contributed by atoms with Crippen LogP contribution in [-0.2, 0) is 27.3 Å². The highest BCUT2D eigenvalue weighted by Gasteiger charge is 2.22. The van der Waals surface area contributed by atoms with E-state index < -0.39 is 28.8 Å². The van der Waals surface area contributed by atoms with Crippen LogP contribution >= 0.6 is 11.8 Å². The van der Waals surface area contributed by atoms with Crippen molar-refractivity contribution in [2.75, 3.05) is 11.9 Å². The minimum absolute atomic E-state index is 0.0519. The Kier molecular flexibility index (Phi) is 7.93. The molecule has 0 aliphatic rings. The molecule has 0 radical (unpaired) electrons. The van der Waals surface area contributed by atoms with Gasteiger partial charge in [-0.25, -0.2) is 8.78 Å². The van der Waals surface area contributed by atoms with Gasteiger partial charge in [-0.3, -0.25) is 9.59 Å². The van der Waals surface area contributed by atoms with Crippen molar-refractivity contribution in [3.8, 4) is 0 Å². The first kappa shape index (κ1) is 23.4. The van der Waals surface area contributed by atoms with Crippen molar-refractivity contribution in [3.63, 3.8) is 0 Å². The Labute approximate surface area is 188 Å². The molecule has 0 saturated carbocycles. The van der Waals surface area contributed by atoms with Crippen LogP contribution in [0.5, 0.6) is 0 Å². The van der Waals surface area contributed by atoms with E-state index in [1.165, 1.54) is 6.07 Å². The van der Waals surface area contributed by atoms with Crippen molar-refractivity contribution in [1.82, 2.24) is 14.8 Å². The predicted octanol–water partition coefficient (Wildman–Crippen LogP) is 3.83. The second kappa shape index (κ2) is 10.9. The van der Waals surface area contributed by atoms with Gasteiger partial charge in [-0.2, -0.15) is 0 Å². The number of carbonyl (C=O) groups excluding carboxylic acids is 2. The Bertz CT molecular complexity index is 1090. The number of ether oxygens (including phenoxy) is 1. The fraction of sp³-hybridized carbons (Fsp3) is 0.273. The molecule has 168 valence electrons. The SMILES string of the molecule is CCOC(=O)Cc1nnc(S[C@@H](C)C(=O)Nc2ccc(F)c(F)c2)n1Cc1ccccc1. The van der Waals surface area contributed by atoms with Gasteiger partial charge in [-0.05, 0) is 31.5 Å². The molecule has 0 saturated heterocycles. The number of thioether (sulfide) groups is 1. The monoisotopic (exact) mass is 460 g/mol. The fourth-order valence-electron chi connectivity index (χ4n) is 2.83. The maximum Gasteiger partial charge on any atom is 0.313 e. The molecule has 3 rings (SSSR count). The Morgan fingerprint density at radius 2 is 1.88 bits per heavy atom. The van der Waals surface area contributed by atoms with Gasteiger partial charge in [0.1, 0.15) is 12.2 Å². The van der Waals surface area contributed by atoms with Crippen LogP contribution in [0.25, 0.3) is 0 Å². The Morgan fingerprint density at radius 1 is 1.12 bits per heavy atom. The molecule has 1 atom stereocenters. The molecule has 0 aliphatic heterocycles. The summed E-state index contributed by atoms with van der Waals surface area (Å²) in [4.78, 5) is 24.6. The summed E-state index contributed by atoms with van der Waals surface area (Å²) in [7, 11) is 0. The van der Waals surface area contributed by atoms with Gasteiger partial charge in [0.05, 0.1) is 18.4 Å². The van der Waals surface area contributed by atoms with Gasteiger partial charge in [-0.1, -0.05) is 42.1 Å². The number of carbonyl (C=O) groups is 2. The highest BCUT2D eigenvalue weighted by atomic mass is 32.2. The first-order valence-corrected chi connectivity index (χ1v) is 10.8. The normalized spacial score (nSPS) is 11.8. The summed E-state index contributed by atoms with van der Waals surface area (Å²) in [5.74, 6) is -2.46. The van der Waals surface area contributed by atoms with Crippen molar-refractivity contribution >= 4 is 29.3 Å². The first-order chi connectivity index (χ1) is 15.4. The molecule has 7 nitrogen and oxygen atoms in total. The van der Waals surface area contributed by atoms with E-state index >= 15 is 0 Å². The van der Waals surface area contributed by atoms with Gasteiger partial charge in [0.15, 0.2) is 16.8 Å². The lowest BCUT2D eigenvalue weighted by Gasteiger charge is -2.14. The topological polar surface area (TPSA) is 86.1 Å². The summed E-state index contributed by atoms with van der Waals surface area (Å²) in [6.07, 6.45) is -0.0519. The largest absolute Gasteiger partial charge is 0.466 e. The summed E-state index contributed by atoms with van der Waals surface area (Å²) in [6, 6.07) is 12.7. The Morgan fingerprint density at radius 3 is 2.56 bits per heavy atom. The second-order valence-corrected chi connectivity index (χ2v) is 8.14. The van der Waals surface area contributed by atoms with Crippen LogP contribution in [0.15, 0.2) is 53.7 Å². The zero-order valence-electron chi connectivity index (χ0n) is 17.5. The Hall–Kier alpha value is -3.27. The second-order valence-electron chi connectivity index (χ2n) is 6.83. The smallest absolute Gasteiger partial charge is 0.313 e. The number of rotatable bonds is 9. The summed E-state index contributed by atoms with van der Waals surface area (Å²) in [5.41, 5.74) is 1.12. The van der Waals surface area contributed by atoms with Gasteiger partial charge < -0.3 is 14.6 Å². The summed E-state index contributed by atoms with van der Waals surface area (Å²) >= 11 is 1.14. The molecule has 0 fully saturated rings. The summed E-state index contributed by atoms with van der Waals surface area (Å²) in [6.45, 7) is 4.05. The van der Waals surface area contributed by atoms with Crippen molar-refractivity contribution in [2.24, 2.45) is 0 Å². The van der Waals surface area contributed by atoms with Crippen molar-refractivity contribution < 1.29 is 23.1 Å². The molecular weight excluding hydrogens is 438 g/mol. The van der Waals surface area contributed by atoms with Gasteiger partial charge >= 0.3 is 5.97 Å².